The minimum absolute atomic E-state index is 0.142. The van der Waals surface area contributed by atoms with E-state index in [1.807, 2.05) is 18.2 Å². The third kappa shape index (κ3) is 6.76. The van der Waals surface area contributed by atoms with Gasteiger partial charge >= 0.3 is 5.97 Å². The van der Waals surface area contributed by atoms with Crippen LogP contribution in [0, 0.1) is 0 Å². The van der Waals surface area contributed by atoms with E-state index in [4.69, 9.17) is 19.7 Å². The third-order valence-electron chi connectivity index (χ3n) is 2.43. The summed E-state index contributed by atoms with van der Waals surface area (Å²) >= 11 is 0. The van der Waals surface area contributed by atoms with Crippen LogP contribution in [0.3, 0.4) is 0 Å². The number of esters is 1. The molecule has 0 bridgehead atoms. The van der Waals surface area contributed by atoms with Crippen LogP contribution in [0.5, 0.6) is 11.5 Å². The number of aliphatic hydroxyl groups is 1. The molecule has 1 unspecified atom stereocenters. The molecule has 1 atom stereocenters. The second-order valence-electron chi connectivity index (χ2n) is 4.30. The maximum atomic E-state index is 11.1. The molecule has 0 saturated carbocycles. The van der Waals surface area contributed by atoms with Gasteiger partial charge in [-0.2, -0.15) is 0 Å². The van der Waals surface area contributed by atoms with Crippen LogP contribution >= 0.6 is 0 Å². The standard InChI is InChI=1S/C9H10O3.C8H10O2/c1-2-12-9(11)7-3-5-8(10)6-4-7;1-7(9)10-8-5-3-2-4-6-8/h3-6,10H,2H2,1H3;2-7,9H,1H3. The number of carbonyl (C=O) groups is 1. The van der Waals surface area contributed by atoms with E-state index in [1.165, 1.54) is 24.3 Å². The van der Waals surface area contributed by atoms with Gasteiger partial charge in [0.1, 0.15) is 11.5 Å². The molecule has 0 radical (unpaired) electrons. The molecule has 2 N–H and O–H groups in total. The predicted molar refractivity (Wildman–Crippen MR) is 82.8 cm³/mol. The zero-order chi connectivity index (χ0) is 16.4. The van der Waals surface area contributed by atoms with Crippen LogP contribution in [0.25, 0.3) is 0 Å². The van der Waals surface area contributed by atoms with E-state index >= 15 is 0 Å². The van der Waals surface area contributed by atoms with Gasteiger partial charge in [0.2, 0.25) is 0 Å². The van der Waals surface area contributed by atoms with E-state index in [0.717, 1.165) is 0 Å². The number of hydrogen-bond donors (Lipinski definition) is 2. The zero-order valence-electron chi connectivity index (χ0n) is 12.6. The van der Waals surface area contributed by atoms with Gasteiger partial charge in [0.05, 0.1) is 12.2 Å². The molecular formula is C17H20O5. The molecule has 0 amide bonds. The maximum absolute atomic E-state index is 11.1. The smallest absolute Gasteiger partial charge is 0.338 e. The van der Waals surface area contributed by atoms with Gasteiger partial charge in [0.25, 0.3) is 0 Å². The lowest BCUT2D eigenvalue weighted by atomic mass is 10.2. The summed E-state index contributed by atoms with van der Waals surface area (Å²) in [6.45, 7) is 3.69. The average molecular weight is 304 g/mol. The first-order chi connectivity index (χ1) is 10.5. The number of benzene rings is 2. The Morgan fingerprint density at radius 1 is 1.09 bits per heavy atom. The maximum Gasteiger partial charge on any atom is 0.338 e. The fourth-order valence-electron chi connectivity index (χ4n) is 1.51. The molecule has 2 rings (SSSR count). The average Bonchev–Trinajstić information content (AvgIpc) is 2.49. The van der Waals surface area contributed by atoms with Crippen molar-refractivity contribution in [1.29, 1.82) is 0 Å². The SMILES string of the molecule is CC(O)Oc1ccccc1.CCOC(=O)c1ccc(O)cc1. The number of ether oxygens (including phenoxy) is 2. The van der Waals surface area contributed by atoms with Gasteiger partial charge in [-0.15, -0.1) is 0 Å². The quantitative estimate of drug-likeness (QED) is 0.671. The van der Waals surface area contributed by atoms with Crippen molar-refractivity contribution in [3.8, 4) is 11.5 Å². The van der Waals surface area contributed by atoms with Crippen LogP contribution in [-0.2, 0) is 4.74 Å². The lowest BCUT2D eigenvalue weighted by Crippen LogP contribution is -2.08. The molecule has 0 aliphatic carbocycles. The molecule has 118 valence electrons. The highest BCUT2D eigenvalue weighted by molar-refractivity contribution is 5.89. The Balaban J connectivity index is 0.000000224. The second-order valence-corrected chi connectivity index (χ2v) is 4.30. The highest BCUT2D eigenvalue weighted by Crippen LogP contribution is 2.10. The Bertz CT molecular complexity index is 549. The van der Waals surface area contributed by atoms with Gasteiger partial charge in [0, 0.05) is 0 Å². The molecule has 0 aliphatic rings. The molecule has 0 spiro atoms. The first-order valence-electron chi connectivity index (χ1n) is 6.89. The second kappa shape index (κ2) is 9.41. The summed E-state index contributed by atoms with van der Waals surface area (Å²) in [4.78, 5) is 11.1. The van der Waals surface area contributed by atoms with Crippen molar-refractivity contribution < 1.29 is 24.5 Å². The predicted octanol–water partition coefficient (Wildman–Crippen LogP) is 2.97. The van der Waals surface area contributed by atoms with E-state index in [0.29, 0.717) is 17.9 Å². The molecule has 5 nitrogen and oxygen atoms in total. The highest BCUT2D eigenvalue weighted by Gasteiger charge is 2.04. The van der Waals surface area contributed by atoms with E-state index < -0.39 is 6.29 Å². The Morgan fingerprint density at radius 2 is 1.68 bits per heavy atom. The van der Waals surface area contributed by atoms with Crippen molar-refractivity contribution in [3.05, 3.63) is 60.2 Å². The van der Waals surface area contributed by atoms with Crippen LogP contribution in [0.1, 0.15) is 24.2 Å². The molecule has 22 heavy (non-hydrogen) atoms. The fraction of sp³-hybridized carbons (Fsp3) is 0.235. The largest absolute Gasteiger partial charge is 0.508 e. The van der Waals surface area contributed by atoms with Gasteiger partial charge in [-0.25, -0.2) is 4.79 Å². The summed E-state index contributed by atoms with van der Waals surface area (Å²) in [5.41, 5.74) is 0.453. The number of aromatic hydroxyl groups is 1. The van der Waals surface area contributed by atoms with Crippen molar-refractivity contribution in [3.63, 3.8) is 0 Å². The molecule has 0 heterocycles. The lowest BCUT2D eigenvalue weighted by Gasteiger charge is -2.06. The number of phenols is 1. The molecule has 0 fully saturated rings. The van der Waals surface area contributed by atoms with Crippen LogP contribution in [-0.4, -0.2) is 29.1 Å². The van der Waals surface area contributed by atoms with Crippen LogP contribution < -0.4 is 4.74 Å². The van der Waals surface area contributed by atoms with E-state index in [1.54, 1.807) is 26.0 Å². The number of para-hydroxylation sites is 1. The molecule has 2 aromatic carbocycles. The third-order valence-corrected chi connectivity index (χ3v) is 2.43. The van der Waals surface area contributed by atoms with Gasteiger partial charge in [-0.05, 0) is 50.2 Å². The van der Waals surface area contributed by atoms with Gasteiger partial charge < -0.3 is 19.7 Å². The number of hydrogen-bond acceptors (Lipinski definition) is 5. The zero-order valence-corrected chi connectivity index (χ0v) is 12.6. The topological polar surface area (TPSA) is 76.0 Å². The van der Waals surface area contributed by atoms with Crippen molar-refractivity contribution in [2.24, 2.45) is 0 Å². The fourth-order valence-corrected chi connectivity index (χ4v) is 1.51. The van der Waals surface area contributed by atoms with Crippen LogP contribution in [0.2, 0.25) is 0 Å². The van der Waals surface area contributed by atoms with Crippen molar-refractivity contribution in [2.45, 2.75) is 20.1 Å². The van der Waals surface area contributed by atoms with Crippen LogP contribution in [0.15, 0.2) is 54.6 Å². The van der Waals surface area contributed by atoms with E-state index in [9.17, 15) is 4.79 Å². The summed E-state index contributed by atoms with van der Waals surface area (Å²) < 4.78 is 9.72. The molecule has 0 saturated heterocycles. The van der Waals surface area contributed by atoms with Gasteiger partial charge in [-0.1, -0.05) is 18.2 Å². The summed E-state index contributed by atoms with van der Waals surface area (Å²) in [6, 6.07) is 15.2. The normalized spacial score (nSPS) is 10.9. The molecule has 2 aromatic rings. The van der Waals surface area contributed by atoms with Crippen molar-refractivity contribution >= 4 is 5.97 Å². The Hall–Kier alpha value is -2.53. The molecule has 5 heteroatoms. The highest BCUT2D eigenvalue weighted by atomic mass is 16.6. The minimum atomic E-state index is -0.734. The number of phenolic OH excluding ortho intramolecular Hbond substituents is 1. The first kappa shape index (κ1) is 17.5. The van der Waals surface area contributed by atoms with Crippen molar-refractivity contribution in [1.82, 2.24) is 0 Å². The number of aliphatic hydroxyl groups excluding tert-OH is 1. The number of rotatable bonds is 4. The summed E-state index contributed by atoms with van der Waals surface area (Å²) in [5, 5.41) is 17.7. The van der Waals surface area contributed by atoms with Crippen molar-refractivity contribution in [2.75, 3.05) is 6.61 Å². The number of carbonyl (C=O) groups excluding carboxylic acids is 1. The molecule has 0 aliphatic heterocycles. The minimum Gasteiger partial charge on any atom is -0.508 e. The Labute approximate surface area is 129 Å². The summed E-state index contributed by atoms with van der Waals surface area (Å²) in [7, 11) is 0. The van der Waals surface area contributed by atoms with Gasteiger partial charge in [-0.3, -0.25) is 0 Å². The van der Waals surface area contributed by atoms with Gasteiger partial charge in [0.15, 0.2) is 6.29 Å². The summed E-state index contributed by atoms with van der Waals surface area (Å²) in [5.74, 6) is 0.470. The molecule has 0 aromatic heterocycles. The Morgan fingerprint density at radius 3 is 2.18 bits per heavy atom. The van der Waals surface area contributed by atoms with Crippen LogP contribution in [0.4, 0.5) is 0 Å². The van der Waals surface area contributed by atoms with E-state index in [2.05, 4.69) is 0 Å². The monoisotopic (exact) mass is 304 g/mol. The summed E-state index contributed by atoms with van der Waals surface area (Å²) in [6.07, 6.45) is -0.734. The molecular weight excluding hydrogens is 284 g/mol. The Kier molecular flexibility index (Phi) is 7.50. The first-order valence-corrected chi connectivity index (χ1v) is 6.89. The van der Waals surface area contributed by atoms with E-state index in [-0.39, 0.29) is 11.7 Å². The lowest BCUT2D eigenvalue weighted by molar-refractivity contribution is -0.000299.